The summed E-state index contributed by atoms with van der Waals surface area (Å²) in [6, 6.07) is 0. The van der Waals surface area contributed by atoms with Crippen LogP contribution in [0.25, 0.3) is 0 Å². The Hall–Kier alpha value is -1.87. The Morgan fingerprint density at radius 1 is 0.500 bits per heavy atom. The topological polar surface area (TPSA) is 474 Å². The third-order valence-corrected chi connectivity index (χ3v) is 23.2. The van der Waals surface area contributed by atoms with Gasteiger partial charge in [-0.1, -0.05) is 53.2 Å². The molecule has 29 heteroatoms. The summed E-state index contributed by atoms with van der Waals surface area (Å²) >= 11 is 0. The minimum absolute atomic E-state index is 0.0974. The van der Waals surface area contributed by atoms with Crippen molar-refractivity contribution >= 4 is 5.97 Å². The monoisotopic (exact) mass is 1270 g/mol. The van der Waals surface area contributed by atoms with E-state index in [2.05, 4.69) is 40.7 Å². The summed E-state index contributed by atoms with van der Waals surface area (Å²) in [6.07, 6.45) is -38.7. The molecule has 5 saturated heterocycles. The summed E-state index contributed by atoms with van der Waals surface area (Å²) in [7, 11) is 0. The quantitative estimate of drug-likeness (QED) is 0.0413. The number of ether oxygens (including phenoxy) is 10. The van der Waals surface area contributed by atoms with E-state index in [0.29, 0.717) is 51.4 Å². The molecule has 29 nitrogen and oxygen atoms in total. The maximum atomic E-state index is 14.8. The van der Waals surface area contributed by atoms with Gasteiger partial charge in [0.25, 0.3) is 0 Å². The van der Waals surface area contributed by atoms with Gasteiger partial charge in [-0.15, -0.1) is 0 Å². The summed E-state index contributed by atoms with van der Waals surface area (Å²) in [5.41, 5.74) is -2.92. The molecular weight excluding hydrogens is 1170 g/mol. The number of fused-ring (bicyclic) bond motifs is 7. The maximum Gasteiger partial charge on any atom is 0.315 e. The van der Waals surface area contributed by atoms with Crippen LogP contribution in [0, 0.1) is 50.2 Å². The fourth-order valence-corrected chi connectivity index (χ4v) is 17.9. The average Bonchev–Trinajstić information content (AvgIpc) is 0.690. The highest BCUT2D eigenvalue weighted by Gasteiger charge is 2.72. The van der Waals surface area contributed by atoms with E-state index < -0.39 is 232 Å². The molecule has 4 saturated carbocycles. The highest BCUT2D eigenvalue weighted by Crippen LogP contribution is 2.76. The molecule has 0 aromatic heterocycles. The van der Waals surface area contributed by atoms with Gasteiger partial charge >= 0.3 is 5.97 Å². The molecule has 9 fully saturated rings. The van der Waals surface area contributed by atoms with E-state index in [1.165, 1.54) is 0 Å². The first-order chi connectivity index (χ1) is 41.3. The van der Waals surface area contributed by atoms with E-state index >= 15 is 0 Å². The van der Waals surface area contributed by atoms with Gasteiger partial charge in [-0.25, -0.2) is 0 Å². The normalized spacial score (nSPS) is 54.6. The number of rotatable bonds is 15. The van der Waals surface area contributed by atoms with E-state index in [0.717, 1.165) is 5.57 Å². The molecule has 5 heterocycles. The zero-order valence-electron chi connectivity index (χ0n) is 50.5. The number of allylic oxidation sites excluding steroid dienone is 2. The van der Waals surface area contributed by atoms with Gasteiger partial charge in [0.05, 0.1) is 57.3 Å². The van der Waals surface area contributed by atoms with Crippen LogP contribution in [-0.2, 0) is 52.2 Å². The standard InChI is InChI=1S/C59H96O29/c1-54(2)11-13-59(53(78)88-49-40(74)38(72)34(68)27(17-60)80-49)14-12-57(5)23(24(59)15-54)7-8-32-55(3)16-25(65)47(56(4,22-64)31(55)9-10-58(32,57)6)87-52-43(77)46(37(71)30(20-63)83-52)86-51-42(76)45(36(70)29(19-62)82-51)85-50-41(75)44(35(69)28(18-61)81-50)84-48-39(73)33(67)26(66)21-79-48/h7,24-52,60-77H,8-22H2,1-6H3/t24-,25-,26+,27+,28+,29+,30+,31+,32+,33-,34+,35-,36-,37+,38-,39+,40+,41+,42+,43+,44-,45-,46-,47-,48-,49-,50-,51-,52-,55-,56-,57+,58+,59-/m0/s1. The van der Waals surface area contributed by atoms with Crippen LogP contribution in [0.1, 0.15) is 99.3 Å². The number of hydrogen-bond donors (Lipinski definition) is 18. The van der Waals surface area contributed by atoms with Crippen molar-refractivity contribution in [1.29, 1.82) is 0 Å². The maximum absolute atomic E-state index is 14.8. The third-order valence-electron chi connectivity index (χ3n) is 23.2. The SMILES string of the molecule is CC1(C)CC[C@]2(C(=O)O[C@@H]3O[C@H](CO)[C@@H](O)[C@H](O)[C@H]3O)CC[C@]3(C)C(=CC[C@@H]4[C@@]5(C)C[C@H](O)[C@H](O[C@@H]6O[C@H](CO)[C@@H](O)[C@H](O[C@@H]7O[C@H](CO)[C@H](O)[C@H](O[C@@H]8O[C@H](CO)[C@H](O)[C@H](O[C@@H]9OC[C@@H](O)[C@H](O)[C@H]9O)[C@H]8O)[C@H]7O)[C@H]6O)[C@@](C)(CO)[C@@H]5CC[C@]43C)[C@@H]2C1. The number of aliphatic hydroxyl groups excluding tert-OH is 18. The van der Waals surface area contributed by atoms with Gasteiger partial charge in [0.15, 0.2) is 25.2 Å². The van der Waals surface area contributed by atoms with Crippen LogP contribution in [0.2, 0.25) is 0 Å². The lowest BCUT2D eigenvalue weighted by Gasteiger charge is -2.72. The zero-order chi connectivity index (χ0) is 64.3. The van der Waals surface area contributed by atoms with Crippen LogP contribution in [0.15, 0.2) is 11.6 Å². The van der Waals surface area contributed by atoms with Crippen molar-refractivity contribution in [2.24, 2.45) is 50.2 Å². The Kier molecular flexibility index (Phi) is 20.1. The van der Waals surface area contributed by atoms with Gasteiger partial charge in [-0.2, -0.15) is 0 Å². The number of carbonyl (C=O) groups excluding carboxylic acids is 1. The summed E-state index contributed by atoms with van der Waals surface area (Å²) in [6.45, 7) is 8.32. The van der Waals surface area contributed by atoms with Crippen molar-refractivity contribution in [2.75, 3.05) is 39.6 Å². The van der Waals surface area contributed by atoms with Crippen LogP contribution in [0.3, 0.4) is 0 Å². The molecule has 506 valence electrons. The number of esters is 1. The van der Waals surface area contributed by atoms with Crippen LogP contribution in [0.4, 0.5) is 0 Å². The molecule has 0 radical (unpaired) electrons. The first-order valence-corrected chi connectivity index (χ1v) is 31.0. The second-order valence-corrected chi connectivity index (χ2v) is 28.6. The second kappa shape index (κ2) is 25.7. The fourth-order valence-electron chi connectivity index (χ4n) is 17.9. The smallest absolute Gasteiger partial charge is 0.315 e. The summed E-state index contributed by atoms with van der Waals surface area (Å²) in [4.78, 5) is 14.8. The molecule has 0 unspecified atom stereocenters. The van der Waals surface area contributed by atoms with Crippen molar-refractivity contribution in [3.63, 3.8) is 0 Å². The Labute approximate surface area is 509 Å². The zero-order valence-corrected chi connectivity index (χ0v) is 50.5. The Bertz CT molecular complexity index is 2440. The van der Waals surface area contributed by atoms with Crippen molar-refractivity contribution in [3.8, 4) is 0 Å². The molecule has 5 aliphatic carbocycles. The molecule has 0 aromatic carbocycles. The predicted molar refractivity (Wildman–Crippen MR) is 292 cm³/mol. The minimum atomic E-state index is -2.14. The predicted octanol–water partition coefficient (Wildman–Crippen LogP) is -5.63. The van der Waals surface area contributed by atoms with Gasteiger partial charge in [0.1, 0.15) is 116 Å². The first-order valence-electron chi connectivity index (χ1n) is 31.0. The number of carbonyl (C=O) groups is 1. The fraction of sp³-hybridized carbons (Fsp3) is 0.949. The molecule has 0 amide bonds. The Morgan fingerprint density at radius 2 is 0.977 bits per heavy atom. The van der Waals surface area contributed by atoms with Gasteiger partial charge < -0.3 is 139 Å². The van der Waals surface area contributed by atoms with E-state index in [1.807, 2.05) is 0 Å². The van der Waals surface area contributed by atoms with Gasteiger partial charge in [-0.3, -0.25) is 4.79 Å². The van der Waals surface area contributed by atoms with Crippen LogP contribution in [-0.4, -0.2) is 297 Å². The number of hydrogen-bond acceptors (Lipinski definition) is 29. The molecule has 5 aliphatic heterocycles. The van der Waals surface area contributed by atoms with E-state index in [-0.39, 0.29) is 29.6 Å². The summed E-state index contributed by atoms with van der Waals surface area (Å²) in [5, 5.41) is 197. The molecule has 34 atom stereocenters. The second-order valence-electron chi connectivity index (χ2n) is 28.6. The summed E-state index contributed by atoms with van der Waals surface area (Å²) < 4.78 is 58.5. The molecule has 0 aromatic rings. The van der Waals surface area contributed by atoms with E-state index in [4.69, 9.17) is 47.4 Å². The average molecular weight is 1270 g/mol. The highest BCUT2D eigenvalue weighted by atomic mass is 16.8. The lowest BCUT2D eigenvalue weighted by Crippen LogP contribution is -2.70. The van der Waals surface area contributed by atoms with Crippen LogP contribution < -0.4 is 0 Å². The molecule has 0 spiro atoms. The van der Waals surface area contributed by atoms with Gasteiger partial charge in [0, 0.05) is 5.41 Å². The molecule has 10 rings (SSSR count). The molecule has 10 aliphatic rings. The first kappa shape index (κ1) is 69.0. The molecule has 18 N–H and O–H groups in total. The van der Waals surface area contributed by atoms with Gasteiger partial charge in [-0.05, 0) is 97.2 Å². The highest BCUT2D eigenvalue weighted by molar-refractivity contribution is 5.79. The number of aliphatic hydroxyl groups is 18. The van der Waals surface area contributed by atoms with Crippen LogP contribution >= 0.6 is 0 Å². The summed E-state index contributed by atoms with van der Waals surface area (Å²) in [5.74, 6) is -1.31. The Morgan fingerprint density at radius 3 is 1.50 bits per heavy atom. The molecular formula is C59H96O29. The van der Waals surface area contributed by atoms with E-state index in [9.17, 15) is 96.7 Å². The van der Waals surface area contributed by atoms with Crippen molar-refractivity contribution in [1.82, 2.24) is 0 Å². The lowest BCUT2D eigenvalue weighted by molar-refractivity contribution is -0.392. The van der Waals surface area contributed by atoms with Crippen molar-refractivity contribution in [2.45, 2.75) is 259 Å². The van der Waals surface area contributed by atoms with E-state index in [1.54, 1.807) is 6.92 Å². The lowest BCUT2D eigenvalue weighted by atomic mass is 9.33. The largest absolute Gasteiger partial charge is 0.432 e. The van der Waals surface area contributed by atoms with Gasteiger partial charge in [0.2, 0.25) is 6.29 Å². The van der Waals surface area contributed by atoms with Crippen molar-refractivity contribution in [3.05, 3.63) is 11.6 Å². The van der Waals surface area contributed by atoms with Crippen molar-refractivity contribution < 1.29 is 144 Å². The van der Waals surface area contributed by atoms with Crippen LogP contribution in [0.5, 0.6) is 0 Å². The Balaban J connectivity index is 0.862. The molecule has 0 bridgehead atoms. The molecule has 88 heavy (non-hydrogen) atoms. The minimum Gasteiger partial charge on any atom is -0.432 e. The third kappa shape index (κ3) is 11.4.